The van der Waals surface area contributed by atoms with Gasteiger partial charge in [-0.1, -0.05) is 35.3 Å². The van der Waals surface area contributed by atoms with Crippen LogP contribution >= 0.6 is 23.2 Å². The summed E-state index contributed by atoms with van der Waals surface area (Å²) in [7, 11) is 3.14. The van der Waals surface area contributed by atoms with Gasteiger partial charge < -0.3 is 14.8 Å². The summed E-state index contributed by atoms with van der Waals surface area (Å²) in [5.41, 5.74) is 2.56. The summed E-state index contributed by atoms with van der Waals surface area (Å²) in [4.78, 5) is 12.1. The standard InChI is InChI=1S/C17H15Cl2NO3/c1-22-13-6-9-7-15(21)20-17(11(9)8-14(13)23-2)10-4-3-5-12(18)16(10)19/h3-6,8,17H,7H2,1-2H3,(H,20,21)/t17-/m0/s1. The zero-order chi connectivity index (χ0) is 16.6. The fraction of sp³-hybridized carbons (Fsp3) is 0.235. The zero-order valence-corrected chi connectivity index (χ0v) is 14.2. The molecule has 2 aromatic carbocycles. The van der Waals surface area contributed by atoms with Crippen LogP contribution in [0.5, 0.6) is 11.5 Å². The van der Waals surface area contributed by atoms with Gasteiger partial charge in [0.1, 0.15) is 0 Å². The van der Waals surface area contributed by atoms with Crippen molar-refractivity contribution in [3.63, 3.8) is 0 Å². The van der Waals surface area contributed by atoms with E-state index in [0.29, 0.717) is 21.5 Å². The van der Waals surface area contributed by atoms with Crippen LogP contribution in [0, 0.1) is 0 Å². The van der Waals surface area contributed by atoms with Crippen molar-refractivity contribution < 1.29 is 14.3 Å². The van der Waals surface area contributed by atoms with Crippen molar-refractivity contribution in [2.45, 2.75) is 12.5 Å². The Labute approximate surface area is 144 Å². The molecule has 0 saturated carbocycles. The number of hydrogen-bond acceptors (Lipinski definition) is 3. The molecule has 3 rings (SSSR count). The Hall–Kier alpha value is -1.91. The number of hydrogen-bond donors (Lipinski definition) is 1. The van der Waals surface area contributed by atoms with Crippen LogP contribution in [0.15, 0.2) is 30.3 Å². The van der Waals surface area contributed by atoms with Gasteiger partial charge in [-0.2, -0.15) is 0 Å². The molecule has 0 fully saturated rings. The topological polar surface area (TPSA) is 47.6 Å². The van der Waals surface area contributed by atoms with Crippen molar-refractivity contribution in [1.82, 2.24) is 5.32 Å². The van der Waals surface area contributed by atoms with E-state index in [1.165, 1.54) is 0 Å². The Morgan fingerprint density at radius 3 is 2.48 bits per heavy atom. The van der Waals surface area contributed by atoms with Crippen LogP contribution in [0.2, 0.25) is 10.0 Å². The molecule has 0 aromatic heterocycles. The van der Waals surface area contributed by atoms with Crippen LogP contribution in [0.4, 0.5) is 0 Å². The number of amides is 1. The quantitative estimate of drug-likeness (QED) is 0.915. The van der Waals surface area contributed by atoms with Crippen molar-refractivity contribution in [1.29, 1.82) is 0 Å². The smallest absolute Gasteiger partial charge is 0.225 e. The van der Waals surface area contributed by atoms with Crippen LogP contribution in [0.25, 0.3) is 0 Å². The molecule has 0 bridgehead atoms. The summed E-state index contributed by atoms with van der Waals surface area (Å²) in [6.45, 7) is 0. The van der Waals surface area contributed by atoms with E-state index in [9.17, 15) is 4.79 Å². The molecule has 0 unspecified atom stereocenters. The number of halogens is 2. The van der Waals surface area contributed by atoms with Gasteiger partial charge in [0.25, 0.3) is 0 Å². The predicted octanol–water partition coefficient (Wildman–Crippen LogP) is 3.77. The van der Waals surface area contributed by atoms with Crippen molar-refractivity contribution >= 4 is 29.1 Å². The minimum absolute atomic E-state index is 0.0780. The number of rotatable bonds is 3. The maximum absolute atomic E-state index is 12.1. The molecule has 1 N–H and O–H groups in total. The molecule has 6 heteroatoms. The van der Waals surface area contributed by atoms with Gasteiger partial charge in [-0.25, -0.2) is 0 Å². The first-order valence-corrected chi connectivity index (χ1v) is 7.78. The molecule has 0 radical (unpaired) electrons. The molecule has 1 atom stereocenters. The number of carbonyl (C=O) groups is 1. The molecule has 0 aliphatic carbocycles. The fourth-order valence-corrected chi connectivity index (χ4v) is 3.23. The molecule has 1 aliphatic heterocycles. The van der Waals surface area contributed by atoms with Gasteiger partial charge in [-0.3, -0.25) is 4.79 Å². The highest BCUT2D eigenvalue weighted by Crippen LogP contribution is 2.40. The highest BCUT2D eigenvalue weighted by molar-refractivity contribution is 6.42. The van der Waals surface area contributed by atoms with Crippen LogP contribution in [-0.4, -0.2) is 20.1 Å². The largest absolute Gasteiger partial charge is 0.493 e. The molecule has 1 amide bonds. The molecular formula is C17H15Cl2NO3. The highest BCUT2D eigenvalue weighted by Gasteiger charge is 2.29. The SMILES string of the molecule is COc1cc2c(cc1OC)[C@H](c1cccc(Cl)c1Cl)NC(=O)C2. The normalized spacial score (nSPS) is 16.5. The van der Waals surface area contributed by atoms with Gasteiger partial charge in [0.15, 0.2) is 11.5 Å². The molecular weight excluding hydrogens is 337 g/mol. The highest BCUT2D eigenvalue weighted by atomic mass is 35.5. The summed E-state index contributed by atoms with van der Waals surface area (Å²) in [5.74, 6) is 1.12. The number of methoxy groups -OCH3 is 2. The maximum Gasteiger partial charge on any atom is 0.225 e. The number of benzene rings is 2. The molecule has 0 saturated heterocycles. The summed E-state index contributed by atoms with van der Waals surface area (Å²) in [5, 5.41) is 3.85. The third-order valence-corrected chi connectivity index (χ3v) is 4.74. The van der Waals surface area contributed by atoms with E-state index < -0.39 is 0 Å². The third-order valence-electron chi connectivity index (χ3n) is 3.91. The lowest BCUT2D eigenvalue weighted by Crippen LogP contribution is -2.36. The van der Waals surface area contributed by atoms with E-state index in [1.807, 2.05) is 24.3 Å². The first-order valence-electron chi connectivity index (χ1n) is 7.03. The average molecular weight is 352 g/mol. The summed E-state index contributed by atoms with van der Waals surface area (Å²) < 4.78 is 10.7. The molecule has 2 aromatic rings. The van der Waals surface area contributed by atoms with Gasteiger partial charge >= 0.3 is 0 Å². The second-order valence-corrected chi connectivity index (χ2v) is 6.01. The van der Waals surface area contributed by atoms with Crippen molar-refractivity contribution in [2.75, 3.05) is 14.2 Å². The Bertz CT molecular complexity index is 777. The Balaban J connectivity index is 2.18. The minimum atomic E-state index is -0.378. The molecule has 120 valence electrons. The van der Waals surface area contributed by atoms with Gasteiger partial charge in [0.2, 0.25) is 5.91 Å². The zero-order valence-electron chi connectivity index (χ0n) is 12.7. The van der Waals surface area contributed by atoms with E-state index in [2.05, 4.69) is 5.32 Å². The van der Waals surface area contributed by atoms with Crippen LogP contribution in [0.1, 0.15) is 22.7 Å². The van der Waals surface area contributed by atoms with Gasteiger partial charge in [0, 0.05) is 0 Å². The minimum Gasteiger partial charge on any atom is -0.493 e. The van der Waals surface area contributed by atoms with E-state index >= 15 is 0 Å². The number of nitrogens with one attached hydrogen (secondary N) is 1. The number of carbonyl (C=O) groups excluding carboxylic acids is 1. The van der Waals surface area contributed by atoms with Crippen molar-refractivity contribution in [3.8, 4) is 11.5 Å². The monoisotopic (exact) mass is 351 g/mol. The van der Waals surface area contributed by atoms with Gasteiger partial charge in [-0.15, -0.1) is 0 Å². The van der Waals surface area contributed by atoms with Gasteiger partial charge in [-0.05, 0) is 34.9 Å². The number of ether oxygens (including phenoxy) is 2. The second-order valence-electron chi connectivity index (χ2n) is 5.23. The fourth-order valence-electron chi connectivity index (χ4n) is 2.81. The Morgan fingerprint density at radius 2 is 1.78 bits per heavy atom. The average Bonchev–Trinajstić information content (AvgIpc) is 2.55. The summed E-state index contributed by atoms with van der Waals surface area (Å²) in [6.07, 6.45) is 0.282. The lowest BCUT2D eigenvalue weighted by Gasteiger charge is -2.29. The van der Waals surface area contributed by atoms with E-state index in [4.69, 9.17) is 32.7 Å². The van der Waals surface area contributed by atoms with E-state index in [0.717, 1.165) is 16.7 Å². The van der Waals surface area contributed by atoms with Crippen LogP contribution < -0.4 is 14.8 Å². The predicted molar refractivity (Wildman–Crippen MR) is 89.7 cm³/mol. The van der Waals surface area contributed by atoms with Crippen molar-refractivity contribution in [2.24, 2.45) is 0 Å². The Morgan fingerprint density at radius 1 is 1.09 bits per heavy atom. The molecule has 0 spiro atoms. The maximum atomic E-state index is 12.1. The van der Waals surface area contributed by atoms with Crippen LogP contribution in [0.3, 0.4) is 0 Å². The molecule has 4 nitrogen and oxygen atoms in total. The van der Waals surface area contributed by atoms with Crippen LogP contribution in [-0.2, 0) is 11.2 Å². The van der Waals surface area contributed by atoms with Gasteiger partial charge in [0.05, 0.1) is 36.7 Å². The van der Waals surface area contributed by atoms with E-state index in [-0.39, 0.29) is 18.4 Å². The second kappa shape index (κ2) is 6.30. The molecule has 1 aliphatic rings. The lowest BCUT2D eigenvalue weighted by molar-refractivity contribution is -0.121. The third kappa shape index (κ3) is 2.84. The lowest BCUT2D eigenvalue weighted by atomic mass is 9.89. The molecule has 23 heavy (non-hydrogen) atoms. The molecule has 1 heterocycles. The van der Waals surface area contributed by atoms with E-state index in [1.54, 1.807) is 20.3 Å². The van der Waals surface area contributed by atoms with Crippen molar-refractivity contribution in [3.05, 3.63) is 57.1 Å². The number of fused-ring (bicyclic) bond motifs is 1. The Kier molecular flexibility index (Phi) is 4.37. The summed E-state index contributed by atoms with van der Waals surface area (Å²) in [6, 6.07) is 8.70. The first-order chi connectivity index (χ1) is 11.0. The summed E-state index contributed by atoms with van der Waals surface area (Å²) >= 11 is 12.4. The first kappa shape index (κ1) is 16.0.